The maximum Gasteiger partial charge on any atom is 0.218 e. The van der Waals surface area contributed by atoms with Crippen molar-refractivity contribution < 1.29 is 17.2 Å². The van der Waals surface area contributed by atoms with Crippen molar-refractivity contribution in [1.29, 1.82) is 0 Å². The van der Waals surface area contributed by atoms with Crippen LogP contribution in [0.4, 0.5) is 8.78 Å². The Morgan fingerprint density at radius 3 is 2.40 bits per heavy atom. The Hall–Kier alpha value is -1.83. The fourth-order valence-corrected chi connectivity index (χ4v) is 4.59. The molecule has 2 aromatic carbocycles. The van der Waals surface area contributed by atoms with Gasteiger partial charge in [0.05, 0.1) is 11.8 Å². The summed E-state index contributed by atoms with van der Waals surface area (Å²) in [5, 5.41) is 0. The van der Waals surface area contributed by atoms with Crippen molar-refractivity contribution >= 4 is 10.0 Å². The maximum atomic E-state index is 14.1. The van der Waals surface area contributed by atoms with E-state index in [1.807, 2.05) is 11.9 Å². The van der Waals surface area contributed by atoms with Crippen LogP contribution in [0.1, 0.15) is 17.2 Å². The first-order valence-electron chi connectivity index (χ1n) is 8.04. The third kappa shape index (κ3) is 4.05. The van der Waals surface area contributed by atoms with Gasteiger partial charge in [-0.1, -0.05) is 30.3 Å². The second kappa shape index (κ2) is 7.19. The van der Waals surface area contributed by atoms with Crippen molar-refractivity contribution in [2.24, 2.45) is 0 Å². The average molecular weight is 366 g/mol. The summed E-state index contributed by atoms with van der Waals surface area (Å²) in [7, 11) is -1.70. The lowest BCUT2D eigenvalue weighted by molar-refractivity contribution is 0.145. The molecule has 1 aliphatic heterocycles. The van der Waals surface area contributed by atoms with E-state index in [2.05, 4.69) is 0 Å². The Morgan fingerprint density at radius 2 is 1.72 bits per heavy atom. The highest BCUT2D eigenvalue weighted by atomic mass is 32.2. The van der Waals surface area contributed by atoms with E-state index in [0.717, 1.165) is 0 Å². The molecule has 2 aromatic rings. The van der Waals surface area contributed by atoms with Crippen molar-refractivity contribution in [1.82, 2.24) is 9.21 Å². The number of hydrogen-bond acceptors (Lipinski definition) is 3. The summed E-state index contributed by atoms with van der Waals surface area (Å²) in [6.07, 6.45) is 0. The fraction of sp³-hybridized carbons (Fsp3) is 0.333. The summed E-state index contributed by atoms with van der Waals surface area (Å²) in [5.74, 6) is -0.932. The number of hydrogen-bond donors (Lipinski definition) is 0. The molecule has 1 aliphatic rings. The van der Waals surface area contributed by atoms with Crippen molar-refractivity contribution in [2.75, 3.05) is 26.7 Å². The van der Waals surface area contributed by atoms with E-state index in [-0.39, 0.29) is 24.2 Å². The van der Waals surface area contributed by atoms with Gasteiger partial charge >= 0.3 is 0 Å². The topological polar surface area (TPSA) is 40.6 Å². The van der Waals surface area contributed by atoms with Crippen LogP contribution in [-0.2, 0) is 15.8 Å². The van der Waals surface area contributed by atoms with Gasteiger partial charge in [0.25, 0.3) is 0 Å². The van der Waals surface area contributed by atoms with Crippen molar-refractivity contribution in [3.05, 3.63) is 71.3 Å². The molecule has 0 radical (unpaired) electrons. The van der Waals surface area contributed by atoms with Crippen molar-refractivity contribution in [2.45, 2.75) is 11.8 Å². The number of halogens is 2. The molecule has 0 aromatic heterocycles. The molecule has 0 bridgehead atoms. The SMILES string of the molecule is CN1CCN(S(=O)(=O)Cc2ccc(F)cc2)CC1c1ccccc1F. The second-order valence-corrected chi connectivity index (χ2v) is 8.23. The summed E-state index contributed by atoms with van der Waals surface area (Å²) in [5.41, 5.74) is 1.02. The van der Waals surface area contributed by atoms with Crippen LogP contribution in [0, 0.1) is 11.6 Å². The zero-order valence-electron chi connectivity index (χ0n) is 13.9. The van der Waals surface area contributed by atoms with Crippen LogP contribution in [0.25, 0.3) is 0 Å². The third-order valence-corrected chi connectivity index (χ3v) is 6.35. The minimum atomic E-state index is -3.56. The average Bonchev–Trinajstić information content (AvgIpc) is 2.58. The van der Waals surface area contributed by atoms with Gasteiger partial charge in [-0.25, -0.2) is 17.2 Å². The van der Waals surface area contributed by atoms with Gasteiger partial charge in [0.15, 0.2) is 0 Å². The number of benzene rings is 2. The van der Waals surface area contributed by atoms with Gasteiger partial charge in [-0.05, 0) is 30.8 Å². The highest BCUT2D eigenvalue weighted by Crippen LogP contribution is 2.28. The van der Waals surface area contributed by atoms with Crippen LogP contribution in [0.15, 0.2) is 48.5 Å². The lowest BCUT2D eigenvalue weighted by Crippen LogP contribution is -2.49. The Bertz CT molecular complexity index is 840. The zero-order valence-corrected chi connectivity index (χ0v) is 14.7. The standard InChI is InChI=1S/C18H20F2N2O2S/c1-21-10-11-22(12-18(21)16-4-2-3-5-17(16)20)25(23,24)13-14-6-8-15(19)9-7-14/h2-9,18H,10-13H2,1H3. The van der Waals surface area contributed by atoms with E-state index in [1.54, 1.807) is 18.2 Å². The minimum Gasteiger partial charge on any atom is -0.297 e. The Kier molecular flexibility index (Phi) is 5.17. The smallest absolute Gasteiger partial charge is 0.218 e. The second-order valence-electron chi connectivity index (χ2n) is 6.26. The summed E-state index contributed by atoms with van der Waals surface area (Å²) in [4.78, 5) is 1.96. The Labute approximate surface area is 146 Å². The summed E-state index contributed by atoms with van der Waals surface area (Å²) >= 11 is 0. The molecule has 1 heterocycles. The highest BCUT2D eigenvalue weighted by Gasteiger charge is 2.33. The molecule has 1 unspecified atom stereocenters. The summed E-state index contributed by atoms with van der Waals surface area (Å²) in [6, 6.07) is 11.5. The van der Waals surface area contributed by atoms with Gasteiger partial charge in [-0.2, -0.15) is 4.31 Å². The number of rotatable bonds is 4. The van der Waals surface area contributed by atoms with Gasteiger partial charge in [-0.3, -0.25) is 4.90 Å². The normalized spacial score (nSPS) is 19.9. The Morgan fingerprint density at radius 1 is 1.04 bits per heavy atom. The van der Waals surface area contributed by atoms with Crippen LogP contribution in [0.2, 0.25) is 0 Å². The predicted molar refractivity (Wildman–Crippen MR) is 92.4 cm³/mol. The Balaban J connectivity index is 1.80. The lowest BCUT2D eigenvalue weighted by atomic mass is 10.0. The molecule has 1 atom stereocenters. The van der Waals surface area contributed by atoms with Gasteiger partial charge in [0.1, 0.15) is 11.6 Å². The van der Waals surface area contributed by atoms with Crippen LogP contribution in [0.3, 0.4) is 0 Å². The third-order valence-electron chi connectivity index (χ3n) is 4.53. The lowest BCUT2D eigenvalue weighted by Gasteiger charge is -2.39. The molecule has 1 fully saturated rings. The molecule has 7 heteroatoms. The fourth-order valence-electron chi connectivity index (χ4n) is 3.06. The molecule has 1 saturated heterocycles. The maximum absolute atomic E-state index is 14.1. The molecular formula is C18H20F2N2O2S. The van der Waals surface area contributed by atoms with Crippen LogP contribution in [-0.4, -0.2) is 44.3 Å². The molecule has 3 rings (SSSR count). The largest absolute Gasteiger partial charge is 0.297 e. The molecule has 4 nitrogen and oxygen atoms in total. The summed E-state index contributed by atoms with van der Waals surface area (Å²) < 4.78 is 54.0. The van der Waals surface area contributed by atoms with E-state index < -0.39 is 15.8 Å². The summed E-state index contributed by atoms with van der Waals surface area (Å²) in [6.45, 7) is 1.06. The monoisotopic (exact) mass is 366 g/mol. The van der Waals surface area contributed by atoms with E-state index in [0.29, 0.717) is 24.2 Å². The molecule has 0 amide bonds. The van der Waals surface area contributed by atoms with Gasteiger partial charge < -0.3 is 0 Å². The van der Waals surface area contributed by atoms with Gasteiger partial charge in [0, 0.05) is 25.2 Å². The molecular weight excluding hydrogens is 346 g/mol. The molecule has 134 valence electrons. The quantitative estimate of drug-likeness (QED) is 0.836. The van der Waals surface area contributed by atoms with Crippen LogP contribution < -0.4 is 0 Å². The highest BCUT2D eigenvalue weighted by molar-refractivity contribution is 7.88. The van der Waals surface area contributed by atoms with Crippen LogP contribution >= 0.6 is 0 Å². The van der Waals surface area contributed by atoms with Crippen LogP contribution in [0.5, 0.6) is 0 Å². The van der Waals surface area contributed by atoms with E-state index in [4.69, 9.17) is 0 Å². The number of nitrogens with zero attached hydrogens (tertiary/aromatic N) is 2. The predicted octanol–water partition coefficient (Wildman–Crippen LogP) is 2.78. The molecule has 0 saturated carbocycles. The van der Waals surface area contributed by atoms with Crippen molar-refractivity contribution in [3.63, 3.8) is 0 Å². The first-order chi connectivity index (χ1) is 11.9. The first kappa shape index (κ1) is 18.0. The number of piperazine rings is 1. The van der Waals surface area contributed by atoms with Gasteiger partial charge in [-0.15, -0.1) is 0 Å². The molecule has 25 heavy (non-hydrogen) atoms. The van der Waals surface area contributed by atoms with E-state index in [1.165, 1.54) is 34.6 Å². The molecule has 0 spiro atoms. The van der Waals surface area contributed by atoms with E-state index >= 15 is 0 Å². The van der Waals surface area contributed by atoms with E-state index in [9.17, 15) is 17.2 Å². The van der Waals surface area contributed by atoms with Gasteiger partial charge in [0.2, 0.25) is 10.0 Å². The number of sulfonamides is 1. The van der Waals surface area contributed by atoms with Crippen molar-refractivity contribution in [3.8, 4) is 0 Å². The first-order valence-corrected chi connectivity index (χ1v) is 9.65. The minimum absolute atomic E-state index is 0.193. The molecule has 0 aliphatic carbocycles. The molecule has 0 N–H and O–H groups in total. The zero-order chi connectivity index (χ0) is 18.0. The number of likely N-dealkylation sites (N-methyl/N-ethyl adjacent to an activating group) is 1.